The number of hydrogen-bond donors (Lipinski definition) is 1. The third-order valence-electron chi connectivity index (χ3n) is 2.70. The number of H-pyrrole nitrogens is 1. The van der Waals surface area contributed by atoms with Crippen molar-refractivity contribution in [3.63, 3.8) is 0 Å². The maximum atomic E-state index is 12.9. The van der Waals surface area contributed by atoms with E-state index in [4.69, 9.17) is 0 Å². The smallest absolute Gasteiger partial charge is 0.268 e. The number of aromatic nitrogens is 2. The number of aryl methyl sites for hydroxylation is 1. The van der Waals surface area contributed by atoms with Gasteiger partial charge in [-0.3, -0.25) is 4.79 Å². The van der Waals surface area contributed by atoms with Crippen molar-refractivity contribution in [2.75, 3.05) is 0 Å². The largest absolute Gasteiger partial charge is 0.310 e. The third-order valence-corrected chi connectivity index (χ3v) is 3.67. The van der Waals surface area contributed by atoms with Crippen LogP contribution < -0.4 is 5.56 Å². The lowest BCUT2D eigenvalue weighted by Crippen LogP contribution is -2.07. The Morgan fingerprint density at radius 1 is 1.28 bits per heavy atom. The Morgan fingerprint density at radius 3 is 2.72 bits per heavy atom. The summed E-state index contributed by atoms with van der Waals surface area (Å²) < 4.78 is 13.5. The van der Waals surface area contributed by atoms with Gasteiger partial charge in [-0.2, -0.15) is 0 Å². The van der Waals surface area contributed by atoms with Crippen LogP contribution in [0.4, 0.5) is 4.39 Å². The van der Waals surface area contributed by atoms with Crippen LogP contribution in [-0.4, -0.2) is 9.97 Å². The van der Waals surface area contributed by atoms with E-state index in [0.29, 0.717) is 16.0 Å². The van der Waals surface area contributed by atoms with E-state index in [-0.39, 0.29) is 11.4 Å². The summed E-state index contributed by atoms with van der Waals surface area (Å²) in [6.07, 6.45) is 0. The summed E-state index contributed by atoms with van der Waals surface area (Å²) in [6.45, 7) is 1.74. The zero-order valence-electron chi connectivity index (χ0n) is 9.53. The number of nitrogens with one attached hydrogen (secondary N) is 1. The van der Waals surface area contributed by atoms with Gasteiger partial charge < -0.3 is 4.98 Å². The van der Waals surface area contributed by atoms with Gasteiger partial charge in [0.25, 0.3) is 5.56 Å². The number of halogens is 1. The molecule has 0 aliphatic heterocycles. The first-order chi connectivity index (χ1) is 8.65. The van der Waals surface area contributed by atoms with Gasteiger partial charge in [0.2, 0.25) is 0 Å². The van der Waals surface area contributed by atoms with E-state index in [1.807, 2.05) is 5.38 Å². The van der Waals surface area contributed by atoms with Gasteiger partial charge in [0, 0.05) is 10.9 Å². The first-order valence-electron chi connectivity index (χ1n) is 5.39. The van der Waals surface area contributed by atoms with Crippen LogP contribution in [0.25, 0.3) is 21.3 Å². The monoisotopic (exact) mass is 260 g/mol. The van der Waals surface area contributed by atoms with Crippen molar-refractivity contribution in [1.29, 1.82) is 0 Å². The first-order valence-corrected chi connectivity index (χ1v) is 6.27. The van der Waals surface area contributed by atoms with Crippen LogP contribution in [0.5, 0.6) is 0 Å². The predicted octanol–water partition coefficient (Wildman–Crippen LogP) is 3.10. The predicted molar refractivity (Wildman–Crippen MR) is 70.4 cm³/mol. The highest BCUT2D eigenvalue weighted by Crippen LogP contribution is 2.30. The van der Waals surface area contributed by atoms with Crippen molar-refractivity contribution in [2.45, 2.75) is 6.92 Å². The molecule has 0 saturated heterocycles. The molecule has 0 amide bonds. The van der Waals surface area contributed by atoms with Gasteiger partial charge in [-0.1, -0.05) is 12.1 Å². The average molecular weight is 260 g/mol. The molecule has 18 heavy (non-hydrogen) atoms. The molecule has 2 heterocycles. The van der Waals surface area contributed by atoms with Gasteiger partial charge in [-0.15, -0.1) is 11.3 Å². The maximum Gasteiger partial charge on any atom is 0.268 e. The number of benzene rings is 1. The van der Waals surface area contributed by atoms with Crippen LogP contribution in [0.1, 0.15) is 5.82 Å². The molecule has 0 aliphatic carbocycles. The molecular formula is C13H9FN2OS. The molecule has 0 fully saturated rings. The summed E-state index contributed by atoms with van der Waals surface area (Å²) in [5.74, 6) is 0.300. The van der Waals surface area contributed by atoms with Crippen molar-refractivity contribution in [1.82, 2.24) is 9.97 Å². The number of aromatic amines is 1. The van der Waals surface area contributed by atoms with Gasteiger partial charge in [0.1, 0.15) is 16.3 Å². The molecule has 0 bridgehead atoms. The Morgan fingerprint density at radius 2 is 2.00 bits per heavy atom. The lowest BCUT2D eigenvalue weighted by Gasteiger charge is -1.99. The van der Waals surface area contributed by atoms with E-state index in [1.165, 1.54) is 23.5 Å². The summed E-state index contributed by atoms with van der Waals surface area (Å²) in [6, 6.07) is 6.18. The SMILES string of the molecule is Cc1nc2c(-c3ccc(F)cc3)csc2c(=O)[nH]1. The maximum absolute atomic E-state index is 12.9. The zero-order valence-corrected chi connectivity index (χ0v) is 10.3. The lowest BCUT2D eigenvalue weighted by atomic mass is 10.1. The van der Waals surface area contributed by atoms with E-state index in [1.54, 1.807) is 19.1 Å². The topological polar surface area (TPSA) is 45.8 Å². The fourth-order valence-electron chi connectivity index (χ4n) is 1.87. The molecule has 3 aromatic rings. The molecule has 2 aromatic heterocycles. The van der Waals surface area contributed by atoms with Gasteiger partial charge in [-0.25, -0.2) is 9.37 Å². The number of thiophene rings is 1. The third kappa shape index (κ3) is 1.73. The Balaban J connectivity index is 2.30. The van der Waals surface area contributed by atoms with Gasteiger partial charge in [0.15, 0.2) is 0 Å². The van der Waals surface area contributed by atoms with E-state index in [0.717, 1.165) is 11.1 Å². The molecule has 5 heteroatoms. The van der Waals surface area contributed by atoms with Crippen LogP contribution in [0, 0.1) is 12.7 Å². The van der Waals surface area contributed by atoms with Crippen molar-refractivity contribution >= 4 is 21.6 Å². The highest BCUT2D eigenvalue weighted by Gasteiger charge is 2.11. The summed E-state index contributed by atoms with van der Waals surface area (Å²) in [7, 11) is 0. The molecule has 0 atom stereocenters. The number of nitrogens with zero attached hydrogens (tertiary/aromatic N) is 1. The summed E-state index contributed by atoms with van der Waals surface area (Å²) in [5, 5.41) is 1.87. The molecule has 0 saturated carbocycles. The molecule has 3 rings (SSSR count). The number of rotatable bonds is 1. The Labute approximate surface area is 106 Å². The highest BCUT2D eigenvalue weighted by molar-refractivity contribution is 7.17. The second-order valence-corrected chi connectivity index (χ2v) is 4.86. The van der Waals surface area contributed by atoms with Crippen LogP contribution in [0.2, 0.25) is 0 Å². The molecular weight excluding hydrogens is 251 g/mol. The Hall–Kier alpha value is -2.01. The molecule has 0 radical (unpaired) electrons. The average Bonchev–Trinajstić information content (AvgIpc) is 2.74. The number of hydrogen-bond acceptors (Lipinski definition) is 3. The van der Waals surface area contributed by atoms with Crippen molar-refractivity contribution in [3.8, 4) is 11.1 Å². The second-order valence-electron chi connectivity index (χ2n) is 3.99. The van der Waals surface area contributed by atoms with Gasteiger partial charge in [0.05, 0.1) is 5.52 Å². The van der Waals surface area contributed by atoms with Crippen LogP contribution in [0.15, 0.2) is 34.4 Å². The van der Waals surface area contributed by atoms with Crippen molar-refractivity contribution in [2.24, 2.45) is 0 Å². The lowest BCUT2D eigenvalue weighted by molar-refractivity contribution is 0.628. The zero-order chi connectivity index (χ0) is 12.7. The molecule has 0 spiro atoms. The van der Waals surface area contributed by atoms with Crippen molar-refractivity contribution in [3.05, 3.63) is 51.6 Å². The van der Waals surface area contributed by atoms with E-state index in [9.17, 15) is 9.18 Å². The first kappa shape index (κ1) is 11.1. The summed E-state index contributed by atoms with van der Waals surface area (Å²) in [4.78, 5) is 18.8. The summed E-state index contributed by atoms with van der Waals surface area (Å²) in [5.41, 5.74) is 2.27. The van der Waals surface area contributed by atoms with Crippen LogP contribution in [0.3, 0.4) is 0 Å². The summed E-state index contributed by atoms with van der Waals surface area (Å²) >= 11 is 1.35. The fourth-order valence-corrected chi connectivity index (χ4v) is 2.78. The van der Waals surface area contributed by atoms with E-state index < -0.39 is 0 Å². The highest BCUT2D eigenvalue weighted by atomic mass is 32.1. The van der Waals surface area contributed by atoms with Crippen LogP contribution >= 0.6 is 11.3 Å². The standard InChI is InChI=1S/C13H9FN2OS/c1-7-15-11-10(6-18-12(11)13(17)16-7)8-2-4-9(14)5-3-8/h2-6H,1H3,(H,15,16,17). The van der Waals surface area contributed by atoms with Crippen molar-refractivity contribution < 1.29 is 4.39 Å². The second kappa shape index (κ2) is 4.03. The minimum atomic E-state index is -0.278. The molecule has 1 N–H and O–H groups in total. The van der Waals surface area contributed by atoms with Gasteiger partial charge >= 0.3 is 0 Å². The van der Waals surface area contributed by atoms with Crippen LogP contribution in [-0.2, 0) is 0 Å². The van der Waals surface area contributed by atoms with Gasteiger partial charge in [-0.05, 0) is 24.6 Å². The molecule has 3 nitrogen and oxygen atoms in total. The molecule has 0 unspecified atom stereocenters. The fraction of sp³-hybridized carbons (Fsp3) is 0.0769. The normalized spacial score (nSPS) is 11.0. The minimum absolute atomic E-state index is 0.129. The minimum Gasteiger partial charge on any atom is -0.310 e. The Bertz CT molecular complexity index is 774. The van der Waals surface area contributed by atoms with E-state index in [2.05, 4.69) is 9.97 Å². The molecule has 1 aromatic carbocycles. The number of fused-ring (bicyclic) bond motifs is 1. The Kier molecular flexibility index (Phi) is 2.48. The molecule has 0 aliphatic rings. The molecule has 90 valence electrons. The van der Waals surface area contributed by atoms with E-state index >= 15 is 0 Å². The quantitative estimate of drug-likeness (QED) is 0.730.